The van der Waals surface area contributed by atoms with Crippen molar-refractivity contribution in [3.8, 4) is 0 Å². The standard InChI is InChI=1S/C13H8BrF2N3O/c14-7-1-10(15)9(11(16)2-7)4-19-5-12-8(13(19)20)3-17-6-18-12/h1-3,6H,4-5H2. The molecule has 3 rings (SSSR count). The van der Waals surface area contributed by atoms with Gasteiger partial charge in [0.05, 0.1) is 24.3 Å². The molecule has 4 nitrogen and oxygen atoms in total. The lowest BCUT2D eigenvalue weighted by Crippen LogP contribution is -2.24. The molecule has 0 aliphatic carbocycles. The molecule has 1 aromatic heterocycles. The Morgan fingerprint density at radius 1 is 1.30 bits per heavy atom. The zero-order valence-electron chi connectivity index (χ0n) is 10.1. The summed E-state index contributed by atoms with van der Waals surface area (Å²) in [5, 5.41) is 0. The number of hydrogen-bond donors (Lipinski definition) is 0. The second-order valence-electron chi connectivity index (χ2n) is 4.39. The first kappa shape index (κ1) is 13.1. The maximum absolute atomic E-state index is 13.8. The van der Waals surface area contributed by atoms with E-state index in [-0.39, 0.29) is 24.6 Å². The van der Waals surface area contributed by atoms with Crippen LogP contribution >= 0.6 is 15.9 Å². The molecule has 7 heteroatoms. The van der Waals surface area contributed by atoms with Crippen LogP contribution in [0.1, 0.15) is 21.6 Å². The van der Waals surface area contributed by atoms with Crippen molar-refractivity contribution in [2.75, 3.05) is 0 Å². The molecule has 1 aliphatic rings. The number of amides is 1. The fourth-order valence-corrected chi connectivity index (χ4v) is 2.53. The van der Waals surface area contributed by atoms with E-state index in [9.17, 15) is 13.6 Å². The third kappa shape index (κ3) is 2.18. The number of hydrogen-bond acceptors (Lipinski definition) is 3. The average molecular weight is 340 g/mol. The lowest BCUT2D eigenvalue weighted by Gasteiger charge is -2.16. The Kier molecular flexibility index (Phi) is 3.21. The van der Waals surface area contributed by atoms with Gasteiger partial charge >= 0.3 is 0 Å². The molecule has 1 amide bonds. The van der Waals surface area contributed by atoms with Crippen molar-refractivity contribution in [1.82, 2.24) is 14.9 Å². The molecule has 0 atom stereocenters. The van der Waals surface area contributed by atoms with Crippen LogP contribution in [0.5, 0.6) is 0 Å². The molecule has 2 aromatic rings. The maximum Gasteiger partial charge on any atom is 0.258 e. The highest BCUT2D eigenvalue weighted by molar-refractivity contribution is 9.10. The van der Waals surface area contributed by atoms with Crippen molar-refractivity contribution in [3.05, 3.63) is 57.6 Å². The third-order valence-corrected chi connectivity index (χ3v) is 3.57. The molecule has 0 fully saturated rings. The molecule has 102 valence electrons. The van der Waals surface area contributed by atoms with Gasteiger partial charge in [0.25, 0.3) is 5.91 Å². The Hall–Kier alpha value is -1.89. The summed E-state index contributed by atoms with van der Waals surface area (Å²) in [6.07, 6.45) is 2.76. The van der Waals surface area contributed by atoms with Gasteiger partial charge in [-0.2, -0.15) is 0 Å². The van der Waals surface area contributed by atoms with E-state index in [1.165, 1.54) is 29.6 Å². The molecular formula is C13H8BrF2N3O. The van der Waals surface area contributed by atoms with Crippen LogP contribution in [0.2, 0.25) is 0 Å². The van der Waals surface area contributed by atoms with Crippen LogP contribution in [0.4, 0.5) is 8.78 Å². The zero-order valence-corrected chi connectivity index (χ0v) is 11.7. The highest BCUT2D eigenvalue weighted by Crippen LogP contribution is 2.25. The van der Waals surface area contributed by atoms with Gasteiger partial charge in [-0.05, 0) is 12.1 Å². The molecule has 0 saturated carbocycles. The minimum Gasteiger partial charge on any atom is -0.328 e. The zero-order chi connectivity index (χ0) is 14.3. The first-order chi connectivity index (χ1) is 9.56. The first-order valence-electron chi connectivity index (χ1n) is 5.78. The molecule has 2 heterocycles. The van der Waals surface area contributed by atoms with Crippen LogP contribution in [-0.2, 0) is 13.1 Å². The number of fused-ring (bicyclic) bond motifs is 1. The maximum atomic E-state index is 13.8. The predicted octanol–water partition coefficient (Wildman–Crippen LogP) is 2.67. The van der Waals surface area contributed by atoms with Crippen molar-refractivity contribution in [2.45, 2.75) is 13.1 Å². The van der Waals surface area contributed by atoms with Crippen LogP contribution in [0.15, 0.2) is 29.1 Å². The Labute approximate surface area is 121 Å². The van der Waals surface area contributed by atoms with Crippen LogP contribution in [0.25, 0.3) is 0 Å². The molecule has 0 N–H and O–H groups in total. The van der Waals surface area contributed by atoms with Crippen LogP contribution in [-0.4, -0.2) is 20.8 Å². The second kappa shape index (κ2) is 4.90. The van der Waals surface area contributed by atoms with Crippen molar-refractivity contribution in [2.24, 2.45) is 0 Å². The molecule has 1 aromatic carbocycles. The average Bonchev–Trinajstić information content (AvgIpc) is 2.71. The summed E-state index contributed by atoms with van der Waals surface area (Å²) in [7, 11) is 0. The molecule has 0 saturated heterocycles. The summed E-state index contributed by atoms with van der Waals surface area (Å²) in [5.74, 6) is -1.69. The van der Waals surface area contributed by atoms with Gasteiger partial charge in [-0.15, -0.1) is 0 Å². The molecule has 0 spiro atoms. The lowest BCUT2D eigenvalue weighted by atomic mass is 10.2. The van der Waals surface area contributed by atoms with E-state index in [1.807, 2.05) is 0 Å². The number of nitrogens with zero attached hydrogens (tertiary/aromatic N) is 3. The fourth-order valence-electron chi connectivity index (χ4n) is 2.12. The Bertz CT molecular complexity index is 685. The van der Waals surface area contributed by atoms with E-state index in [1.54, 1.807) is 0 Å². The number of rotatable bonds is 2. The number of carbonyl (C=O) groups is 1. The van der Waals surface area contributed by atoms with E-state index in [0.29, 0.717) is 15.7 Å². The third-order valence-electron chi connectivity index (χ3n) is 3.11. The molecule has 0 radical (unpaired) electrons. The van der Waals surface area contributed by atoms with Gasteiger partial charge in [0.1, 0.15) is 18.0 Å². The number of aromatic nitrogens is 2. The van der Waals surface area contributed by atoms with Gasteiger partial charge in [-0.3, -0.25) is 4.79 Å². The predicted molar refractivity (Wildman–Crippen MR) is 69.7 cm³/mol. The molecule has 0 bridgehead atoms. The van der Waals surface area contributed by atoms with Crippen LogP contribution in [0, 0.1) is 11.6 Å². The van der Waals surface area contributed by atoms with Gasteiger partial charge in [0, 0.05) is 16.2 Å². The quantitative estimate of drug-likeness (QED) is 0.845. The SMILES string of the molecule is O=C1c2cncnc2CN1Cc1c(F)cc(Br)cc1F. The smallest absolute Gasteiger partial charge is 0.258 e. The normalized spacial score (nSPS) is 13.8. The van der Waals surface area contributed by atoms with Crippen molar-refractivity contribution < 1.29 is 13.6 Å². The van der Waals surface area contributed by atoms with Crippen molar-refractivity contribution in [3.63, 3.8) is 0 Å². The summed E-state index contributed by atoms with van der Waals surface area (Å²) in [6.45, 7) is 0.0891. The second-order valence-corrected chi connectivity index (χ2v) is 5.31. The molecule has 20 heavy (non-hydrogen) atoms. The minimum absolute atomic E-state index is 0.137. The van der Waals surface area contributed by atoms with Crippen LogP contribution in [0.3, 0.4) is 0 Å². The summed E-state index contributed by atoms with van der Waals surface area (Å²) in [4.78, 5) is 21.2. The summed E-state index contributed by atoms with van der Waals surface area (Å²) >= 11 is 3.02. The number of halogens is 3. The Morgan fingerprint density at radius 2 is 2.00 bits per heavy atom. The van der Waals surface area contributed by atoms with Gasteiger partial charge < -0.3 is 4.90 Å². The number of benzene rings is 1. The highest BCUT2D eigenvalue weighted by Gasteiger charge is 2.30. The molecular weight excluding hydrogens is 332 g/mol. The fraction of sp³-hybridized carbons (Fsp3) is 0.154. The topological polar surface area (TPSA) is 46.1 Å². The van der Waals surface area contributed by atoms with Gasteiger partial charge in [-0.1, -0.05) is 15.9 Å². The Morgan fingerprint density at radius 3 is 2.65 bits per heavy atom. The lowest BCUT2D eigenvalue weighted by molar-refractivity contribution is 0.0763. The van der Waals surface area contributed by atoms with E-state index in [2.05, 4.69) is 25.9 Å². The van der Waals surface area contributed by atoms with Gasteiger partial charge in [0.15, 0.2) is 0 Å². The van der Waals surface area contributed by atoms with E-state index >= 15 is 0 Å². The van der Waals surface area contributed by atoms with Crippen molar-refractivity contribution in [1.29, 1.82) is 0 Å². The Balaban J connectivity index is 1.90. The minimum atomic E-state index is -0.688. The monoisotopic (exact) mass is 339 g/mol. The summed E-state index contributed by atoms with van der Waals surface area (Å²) in [6, 6.07) is 2.35. The van der Waals surface area contributed by atoms with Crippen LogP contribution < -0.4 is 0 Å². The van der Waals surface area contributed by atoms with Gasteiger partial charge in [-0.25, -0.2) is 18.7 Å². The summed E-state index contributed by atoms with van der Waals surface area (Å²) < 4.78 is 27.9. The number of carbonyl (C=O) groups excluding carboxylic acids is 1. The van der Waals surface area contributed by atoms with E-state index < -0.39 is 11.6 Å². The molecule has 1 aliphatic heterocycles. The van der Waals surface area contributed by atoms with Gasteiger partial charge in [0.2, 0.25) is 0 Å². The summed E-state index contributed by atoms with van der Waals surface area (Å²) in [5.41, 5.74) is 0.815. The van der Waals surface area contributed by atoms with Crippen molar-refractivity contribution >= 4 is 21.8 Å². The largest absolute Gasteiger partial charge is 0.328 e. The molecule has 0 unspecified atom stereocenters. The highest BCUT2D eigenvalue weighted by atomic mass is 79.9. The van der Waals surface area contributed by atoms with E-state index in [0.717, 1.165) is 0 Å². The van der Waals surface area contributed by atoms with E-state index in [4.69, 9.17) is 0 Å². The first-order valence-corrected chi connectivity index (χ1v) is 6.57.